The highest BCUT2D eigenvalue weighted by molar-refractivity contribution is 5.85. The number of halogens is 1. The molecule has 2 N–H and O–H groups in total. The molecular formula is C21H27ClN2O. The molecule has 1 unspecified atom stereocenters. The predicted molar refractivity (Wildman–Crippen MR) is 105 cm³/mol. The van der Waals surface area contributed by atoms with Gasteiger partial charge in [-0.05, 0) is 42.9 Å². The molecule has 2 aromatic rings. The summed E-state index contributed by atoms with van der Waals surface area (Å²) in [5.74, 6) is 1.18. The number of benzene rings is 2. The highest BCUT2D eigenvalue weighted by Gasteiger charge is 2.20. The maximum absolute atomic E-state index is 12.1. The van der Waals surface area contributed by atoms with Gasteiger partial charge in [0.1, 0.15) is 0 Å². The summed E-state index contributed by atoms with van der Waals surface area (Å²) in [4.78, 5) is 12.1. The Kier molecular flexibility index (Phi) is 7.96. The quantitative estimate of drug-likeness (QED) is 0.719. The van der Waals surface area contributed by atoms with Gasteiger partial charge in [-0.1, -0.05) is 60.7 Å². The average molecular weight is 359 g/mol. The van der Waals surface area contributed by atoms with E-state index in [4.69, 9.17) is 0 Å². The Bertz CT molecular complexity index is 629. The predicted octanol–water partition coefficient (Wildman–Crippen LogP) is 3.55. The Morgan fingerprint density at radius 3 is 2.28 bits per heavy atom. The second-order valence-corrected chi connectivity index (χ2v) is 6.68. The summed E-state index contributed by atoms with van der Waals surface area (Å²) in [6, 6.07) is 20.9. The number of rotatable bonds is 9. The van der Waals surface area contributed by atoms with E-state index < -0.39 is 0 Å². The van der Waals surface area contributed by atoms with Crippen molar-refractivity contribution < 1.29 is 4.79 Å². The van der Waals surface area contributed by atoms with Gasteiger partial charge in [0.05, 0.1) is 6.54 Å². The molecule has 0 heterocycles. The molecule has 1 aliphatic rings. The summed E-state index contributed by atoms with van der Waals surface area (Å²) in [7, 11) is 0. The second kappa shape index (κ2) is 10.2. The van der Waals surface area contributed by atoms with Crippen molar-refractivity contribution >= 4 is 18.3 Å². The Hall–Kier alpha value is -1.84. The zero-order valence-corrected chi connectivity index (χ0v) is 15.3. The molecule has 1 amide bonds. The minimum atomic E-state index is 0. The lowest BCUT2D eigenvalue weighted by atomic mass is 9.92. The molecule has 0 spiro atoms. The van der Waals surface area contributed by atoms with Crippen molar-refractivity contribution in [2.75, 3.05) is 19.6 Å². The van der Waals surface area contributed by atoms with Crippen LogP contribution in [0, 0.1) is 5.92 Å². The third kappa shape index (κ3) is 6.89. The van der Waals surface area contributed by atoms with E-state index in [9.17, 15) is 4.79 Å². The Morgan fingerprint density at radius 1 is 1.00 bits per heavy atom. The highest BCUT2D eigenvalue weighted by atomic mass is 35.5. The molecule has 1 saturated carbocycles. The lowest BCUT2D eigenvalue weighted by Crippen LogP contribution is -2.37. The third-order valence-electron chi connectivity index (χ3n) is 4.56. The normalized spacial score (nSPS) is 14.4. The van der Waals surface area contributed by atoms with Crippen molar-refractivity contribution in [2.45, 2.75) is 25.2 Å². The van der Waals surface area contributed by atoms with Gasteiger partial charge in [0.15, 0.2) is 0 Å². The number of hydrogen-bond acceptors (Lipinski definition) is 2. The molecule has 3 nitrogen and oxygen atoms in total. The van der Waals surface area contributed by atoms with Crippen LogP contribution in [0.25, 0.3) is 0 Å². The molecule has 3 rings (SSSR count). The molecule has 0 bridgehead atoms. The topological polar surface area (TPSA) is 41.1 Å². The van der Waals surface area contributed by atoms with Gasteiger partial charge in [-0.25, -0.2) is 0 Å². The lowest BCUT2D eigenvalue weighted by Gasteiger charge is -2.18. The van der Waals surface area contributed by atoms with E-state index in [0.29, 0.717) is 19.0 Å². The summed E-state index contributed by atoms with van der Waals surface area (Å²) < 4.78 is 0. The van der Waals surface area contributed by atoms with Crippen LogP contribution < -0.4 is 10.6 Å². The van der Waals surface area contributed by atoms with Gasteiger partial charge in [-0.3, -0.25) is 4.79 Å². The van der Waals surface area contributed by atoms with Crippen LogP contribution >= 0.6 is 12.4 Å². The molecule has 134 valence electrons. The third-order valence-corrected chi connectivity index (χ3v) is 4.56. The lowest BCUT2D eigenvalue weighted by molar-refractivity contribution is -0.120. The molecule has 25 heavy (non-hydrogen) atoms. The summed E-state index contributed by atoms with van der Waals surface area (Å²) in [6.07, 6.45) is 3.55. The van der Waals surface area contributed by atoms with Crippen LogP contribution in [0.4, 0.5) is 0 Å². The van der Waals surface area contributed by atoms with Gasteiger partial charge in [-0.2, -0.15) is 0 Å². The molecule has 1 aliphatic carbocycles. The zero-order valence-electron chi connectivity index (χ0n) is 14.5. The van der Waals surface area contributed by atoms with Gasteiger partial charge in [-0.15, -0.1) is 12.4 Å². The average Bonchev–Trinajstić information content (AvgIpc) is 3.44. The molecule has 2 aromatic carbocycles. The van der Waals surface area contributed by atoms with E-state index in [1.54, 1.807) is 0 Å². The fourth-order valence-electron chi connectivity index (χ4n) is 2.94. The highest BCUT2D eigenvalue weighted by Crippen LogP contribution is 2.27. The number of amides is 1. The first kappa shape index (κ1) is 19.5. The SMILES string of the molecule is Cl.O=C(CNCC1CC1)NCC(Cc1ccccc1)c1ccccc1. The van der Waals surface area contributed by atoms with Gasteiger partial charge in [0, 0.05) is 12.5 Å². The molecular weight excluding hydrogens is 332 g/mol. The Balaban J connectivity index is 0.00000225. The maximum atomic E-state index is 12.1. The molecule has 4 heteroatoms. The fraction of sp³-hybridized carbons (Fsp3) is 0.381. The van der Waals surface area contributed by atoms with Crippen LogP contribution in [0.3, 0.4) is 0 Å². The van der Waals surface area contributed by atoms with Crippen molar-refractivity contribution in [2.24, 2.45) is 5.92 Å². The van der Waals surface area contributed by atoms with Gasteiger partial charge in [0.25, 0.3) is 0 Å². The van der Waals surface area contributed by atoms with Crippen molar-refractivity contribution in [1.82, 2.24) is 10.6 Å². The number of carbonyl (C=O) groups is 1. The molecule has 1 atom stereocenters. The van der Waals surface area contributed by atoms with E-state index >= 15 is 0 Å². The smallest absolute Gasteiger partial charge is 0.233 e. The molecule has 1 fully saturated rings. The van der Waals surface area contributed by atoms with Gasteiger partial charge in [0.2, 0.25) is 5.91 Å². The van der Waals surface area contributed by atoms with E-state index in [1.165, 1.54) is 24.0 Å². The molecule has 0 saturated heterocycles. The van der Waals surface area contributed by atoms with Crippen molar-refractivity contribution in [1.29, 1.82) is 0 Å². The summed E-state index contributed by atoms with van der Waals surface area (Å²) >= 11 is 0. The van der Waals surface area contributed by atoms with E-state index in [0.717, 1.165) is 18.9 Å². The van der Waals surface area contributed by atoms with Crippen LogP contribution in [0.1, 0.15) is 29.9 Å². The Morgan fingerprint density at radius 2 is 1.64 bits per heavy atom. The van der Waals surface area contributed by atoms with Crippen LogP contribution in [0.5, 0.6) is 0 Å². The zero-order chi connectivity index (χ0) is 16.6. The monoisotopic (exact) mass is 358 g/mol. The standard InChI is InChI=1S/C21H26N2O.ClH/c24-21(16-22-14-18-11-12-18)23-15-20(19-9-5-2-6-10-19)13-17-7-3-1-4-8-17;/h1-10,18,20,22H,11-16H2,(H,23,24);1H. The first-order chi connectivity index (χ1) is 11.8. The summed E-state index contributed by atoms with van der Waals surface area (Å²) in [5.41, 5.74) is 2.57. The van der Waals surface area contributed by atoms with Crippen LogP contribution in [0.15, 0.2) is 60.7 Å². The number of carbonyl (C=O) groups excluding carboxylic acids is 1. The van der Waals surface area contributed by atoms with Gasteiger partial charge < -0.3 is 10.6 Å². The van der Waals surface area contributed by atoms with Crippen LogP contribution in [0.2, 0.25) is 0 Å². The molecule has 0 radical (unpaired) electrons. The largest absolute Gasteiger partial charge is 0.354 e. The summed E-state index contributed by atoms with van der Waals surface area (Å²) in [6.45, 7) is 2.06. The van der Waals surface area contributed by atoms with Crippen molar-refractivity contribution in [3.63, 3.8) is 0 Å². The fourth-order valence-corrected chi connectivity index (χ4v) is 2.94. The number of hydrogen-bond donors (Lipinski definition) is 2. The minimum absolute atomic E-state index is 0. The first-order valence-corrected chi connectivity index (χ1v) is 8.87. The minimum Gasteiger partial charge on any atom is -0.354 e. The Labute approximate surface area is 156 Å². The molecule has 0 aromatic heterocycles. The van der Waals surface area contributed by atoms with E-state index in [-0.39, 0.29) is 18.3 Å². The van der Waals surface area contributed by atoms with E-state index in [2.05, 4.69) is 59.2 Å². The van der Waals surface area contributed by atoms with Crippen molar-refractivity contribution in [3.05, 3.63) is 71.8 Å². The van der Waals surface area contributed by atoms with Crippen LogP contribution in [-0.2, 0) is 11.2 Å². The van der Waals surface area contributed by atoms with Crippen LogP contribution in [-0.4, -0.2) is 25.5 Å². The number of nitrogens with one attached hydrogen (secondary N) is 2. The van der Waals surface area contributed by atoms with E-state index in [1.807, 2.05) is 12.1 Å². The van der Waals surface area contributed by atoms with Crippen molar-refractivity contribution in [3.8, 4) is 0 Å². The summed E-state index contributed by atoms with van der Waals surface area (Å²) in [5, 5.41) is 6.34. The second-order valence-electron chi connectivity index (χ2n) is 6.68. The maximum Gasteiger partial charge on any atom is 0.233 e. The molecule has 0 aliphatic heterocycles. The first-order valence-electron chi connectivity index (χ1n) is 8.87. The van der Waals surface area contributed by atoms with Gasteiger partial charge >= 0.3 is 0 Å².